The van der Waals surface area contributed by atoms with Crippen LogP contribution in [0.15, 0.2) is 120 Å². The van der Waals surface area contributed by atoms with E-state index >= 15 is 0 Å². The second-order valence-electron chi connectivity index (χ2n) is 7.59. The first-order valence-electron chi connectivity index (χ1n) is 11.2. The zero-order valence-corrected chi connectivity index (χ0v) is 21.8. The molecule has 0 aliphatic heterocycles. The number of carbonyl (C=O) groups is 2. The highest BCUT2D eigenvalue weighted by Crippen LogP contribution is 2.26. The lowest BCUT2D eigenvalue weighted by atomic mass is 10.1. The summed E-state index contributed by atoms with van der Waals surface area (Å²) in [6.45, 7) is 0. The monoisotopic (exact) mass is 544 g/mol. The van der Waals surface area contributed by atoms with Crippen molar-refractivity contribution in [1.82, 2.24) is 0 Å². The molecule has 37 heavy (non-hydrogen) atoms. The van der Waals surface area contributed by atoms with Crippen LogP contribution in [-0.2, 0) is 0 Å². The molecule has 1 N–H and O–H groups in total. The molecule has 184 valence electrons. The number of fused-ring (bicyclic) bond motifs is 2. The summed E-state index contributed by atoms with van der Waals surface area (Å²) >= 11 is 7.85. The average Bonchev–Trinajstić information content (AvgIpc) is 3.65. The fraction of sp³-hybridized carbons (Fsp3) is 0. The average molecular weight is 545 g/mol. The van der Waals surface area contributed by atoms with Crippen LogP contribution in [0.1, 0.15) is 19.3 Å². The number of benzene rings is 4. The lowest BCUT2D eigenvalue weighted by Crippen LogP contribution is -2.06. The van der Waals surface area contributed by atoms with E-state index in [1.807, 2.05) is 95.7 Å². The van der Waals surface area contributed by atoms with Crippen molar-refractivity contribution in [3.8, 4) is 11.5 Å². The maximum absolute atomic E-state index is 11.9. The van der Waals surface area contributed by atoms with E-state index in [4.69, 9.17) is 16.3 Å². The number of thiophene rings is 2. The Labute approximate surface area is 227 Å². The minimum atomic E-state index is -0.375. The SMILES string of the molecule is O=C(Cl)c1cccs1.O=C(Oc1cccc2ccccc12)c1cccs1.Oc1cccc2ccccc12. The molecule has 0 bridgehead atoms. The van der Waals surface area contributed by atoms with Crippen LogP contribution in [0.3, 0.4) is 0 Å². The molecule has 0 saturated heterocycles. The summed E-state index contributed by atoms with van der Waals surface area (Å²) in [5.74, 6) is 0.649. The highest BCUT2D eigenvalue weighted by molar-refractivity contribution is 7.14. The van der Waals surface area contributed by atoms with Gasteiger partial charge in [-0.2, -0.15) is 0 Å². The highest BCUT2D eigenvalue weighted by Gasteiger charge is 2.11. The first kappa shape index (κ1) is 26.1. The van der Waals surface area contributed by atoms with Crippen LogP contribution in [-0.4, -0.2) is 16.3 Å². The standard InChI is InChI=1S/C15H10O2S.C10H8O.C5H3ClOS/c16-15(14-9-4-10-18-14)17-13-8-3-6-11-5-1-2-7-12(11)13;11-10-7-3-5-8-4-1-2-6-9(8)10;6-5(7)4-2-1-3-8-4/h1-10H;1-7,11H;1-3H. The topological polar surface area (TPSA) is 63.6 Å². The maximum atomic E-state index is 11.9. The molecule has 4 nitrogen and oxygen atoms in total. The predicted molar refractivity (Wildman–Crippen MR) is 153 cm³/mol. The smallest absolute Gasteiger partial charge is 0.353 e. The minimum absolute atomic E-state index is 0.304. The van der Waals surface area contributed by atoms with Gasteiger partial charge in [0.25, 0.3) is 5.24 Å². The summed E-state index contributed by atoms with van der Waals surface area (Å²) in [4.78, 5) is 23.4. The molecule has 4 aromatic carbocycles. The van der Waals surface area contributed by atoms with Gasteiger partial charge in [0.1, 0.15) is 16.4 Å². The number of phenolic OH excluding ortho intramolecular Hbond substituents is 1. The van der Waals surface area contributed by atoms with Crippen molar-refractivity contribution in [2.75, 3.05) is 0 Å². The number of hydrogen-bond acceptors (Lipinski definition) is 6. The normalized spacial score (nSPS) is 10.1. The molecule has 0 atom stereocenters. The fourth-order valence-corrected chi connectivity index (χ4v) is 4.78. The molecule has 0 aliphatic rings. The Hall–Kier alpha value is -3.97. The van der Waals surface area contributed by atoms with Gasteiger partial charge >= 0.3 is 5.97 Å². The van der Waals surface area contributed by atoms with E-state index in [-0.39, 0.29) is 11.2 Å². The number of aromatic hydroxyl groups is 1. The molecule has 0 amide bonds. The van der Waals surface area contributed by atoms with Gasteiger partial charge in [-0.25, -0.2) is 4.79 Å². The van der Waals surface area contributed by atoms with Gasteiger partial charge in [0.2, 0.25) is 0 Å². The number of halogens is 1. The zero-order valence-electron chi connectivity index (χ0n) is 19.4. The van der Waals surface area contributed by atoms with Gasteiger partial charge in [0, 0.05) is 10.8 Å². The van der Waals surface area contributed by atoms with Gasteiger partial charge in [-0.05, 0) is 57.4 Å². The van der Waals surface area contributed by atoms with Crippen LogP contribution < -0.4 is 4.74 Å². The quantitative estimate of drug-likeness (QED) is 0.137. The summed E-state index contributed by atoms with van der Waals surface area (Å²) in [6, 6.07) is 33.9. The predicted octanol–water partition coefficient (Wildman–Crippen LogP) is 8.79. The lowest BCUT2D eigenvalue weighted by Gasteiger charge is -2.06. The van der Waals surface area contributed by atoms with Crippen molar-refractivity contribution < 1.29 is 19.4 Å². The maximum Gasteiger partial charge on any atom is 0.353 e. The molecule has 0 saturated carbocycles. The van der Waals surface area contributed by atoms with E-state index in [0.29, 0.717) is 21.3 Å². The van der Waals surface area contributed by atoms with Gasteiger partial charge in [-0.15, -0.1) is 22.7 Å². The van der Waals surface area contributed by atoms with Crippen molar-refractivity contribution in [1.29, 1.82) is 0 Å². The van der Waals surface area contributed by atoms with E-state index in [9.17, 15) is 14.7 Å². The van der Waals surface area contributed by atoms with Crippen molar-refractivity contribution in [3.05, 3.63) is 130 Å². The molecule has 2 aromatic heterocycles. The number of rotatable bonds is 3. The van der Waals surface area contributed by atoms with Gasteiger partial charge in [0.15, 0.2) is 0 Å². The number of hydrogen-bond donors (Lipinski definition) is 1. The number of phenols is 1. The third-order valence-corrected chi connectivity index (χ3v) is 7.19. The van der Waals surface area contributed by atoms with Crippen molar-refractivity contribution in [2.24, 2.45) is 0 Å². The van der Waals surface area contributed by atoms with E-state index in [0.717, 1.165) is 21.5 Å². The molecule has 0 unspecified atom stereocenters. The van der Waals surface area contributed by atoms with Crippen LogP contribution in [0.25, 0.3) is 21.5 Å². The molecule has 0 aliphatic carbocycles. The molecule has 0 radical (unpaired) electrons. The van der Waals surface area contributed by atoms with Crippen LogP contribution >= 0.6 is 34.3 Å². The lowest BCUT2D eigenvalue weighted by molar-refractivity contribution is 0.0742. The van der Waals surface area contributed by atoms with E-state index in [1.54, 1.807) is 24.3 Å². The molecule has 6 rings (SSSR count). The van der Waals surface area contributed by atoms with Crippen molar-refractivity contribution >= 4 is 67.0 Å². The van der Waals surface area contributed by atoms with Crippen LogP contribution in [0.4, 0.5) is 0 Å². The molecule has 2 heterocycles. The van der Waals surface area contributed by atoms with Crippen LogP contribution in [0, 0.1) is 0 Å². The van der Waals surface area contributed by atoms with Gasteiger partial charge in [-0.1, -0.05) is 84.9 Å². The number of esters is 1. The van der Waals surface area contributed by atoms with E-state index < -0.39 is 0 Å². The third kappa shape index (κ3) is 7.05. The van der Waals surface area contributed by atoms with Crippen molar-refractivity contribution in [2.45, 2.75) is 0 Å². The molecule has 6 aromatic rings. The zero-order chi connectivity index (χ0) is 26.0. The van der Waals surface area contributed by atoms with Gasteiger partial charge in [-0.3, -0.25) is 4.79 Å². The summed E-state index contributed by atoms with van der Waals surface area (Å²) in [7, 11) is 0. The van der Waals surface area contributed by atoms with Crippen LogP contribution in [0.2, 0.25) is 0 Å². The van der Waals surface area contributed by atoms with Crippen LogP contribution in [0.5, 0.6) is 11.5 Å². The minimum Gasteiger partial charge on any atom is -0.507 e. The Balaban J connectivity index is 0.000000143. The Morgan fingerprint density at radius 3 is 1.73 bits per heavy atom. The number of carbonyl (C=O) groups excluding carboxylic acids is 2. The Kier molecular flexibility index (Phi) is 9.05. The molecule has 0 spiro atoms. The Morgan fingerprint density at radius 1 is 0.622 bits per heavy atom. The summed E-state index contributed by atoms with van der Waals surface area (Å²) in [5, 5.41) is 16.7. The number of ether oxygens (including phenoxy) is 1. The van der Waals surface area contributed by atoms with Gasteiger partial charge in [0.05, 0.1) is 4.88 Å². The Bertz CT molecular complexity index is 1600. The first-order valence-corrected chi connectivity index (χ1v) is 13.3. The van der Waals surface area contributed by atoms with Crippen molar-refractivity contribution in [3.63, 3.8) is 0 Å². The summed E-state index contributed by atoms with van der Waals surface area (Å²) in [6.07, 6.45) is 0. The fourth-order valence-electron chi connectivity index (χ4n) is 3.43. The van der Waals surface area contributed by atoms with Gasteiger partial charge < -0.3 is 9.84 Å². The first-order chi connectivity index (χ1) is 18.0. The molecule has 7 heteroatoms. The Morgan fingerprint density at radius 2 is 1.16 bits per heavy atom. The highest BCUT2D eigenvalue weighted by atomic mass is 35.5. The van der Waals surface area contributed by atoms with E-state index in [2.05, 4.69) is 0 Å². The largest absolute Gasteiger partial charge is 0.507 e. The second-order valence-corrected chi connectivity index (χ2v) is 9.83. The molecular weight excluding hydrogens is 524 g/mol. The molecule has 0 fully saturated rings. The second kappa shape index (κ2) is 12.8. The summed E-state index contributed by atoms with van der Waals surface area (Å²) in [5.41, 5.74) is 0. The molecular formula is C30H21ClO4S2. The van der Waals surface area contributed by atoms with E-state index in [1.165, 1.54) is 22.7 Å². The third-order valence-electron chi connectivity index (χ3n) is 5.16. The summed E-state index contributed by atoms with van der Waals surface area (Å²) < 4.78 is 5.44.